The van der Waals surface area contributed by atoms with Crippen LogP contribution in [0.25, 0.3) is 0 Å². The second kappa shape index (κ2) is 41.3. The Bertz CT molecular complexity index is 1690. The summed E-state index contributed by atoms with van der Waals surface area (Å²) >= 11 is 0. The third-order valence-electron chi connectivity index (χ3n) is 12.3. The molecule has 0 radical (unpaired) electrons. The number of aliphatic hydroxyl groups excluding tert-OH is 6. The van der Waals surface area contributed by atoms with Crippen molar-refractivity contribution in [3.8, 4) is 0 Å². The molecule has 29 heteroatoms. The summed E-state index contributed by atoms with van der Waals surface area (Å²) in [6, 6.07) is -2.11. The lowest BCUT2D eigenvalue weighted by molar-refractivity contribution is -0.270. The van der Waals surface area contributed by atoms with Gasteiger partial charge in [0.15, 0.2) is 12.6 Å². The Balaban J connectivity index is 1.64. The third-order valence-corrected chi connectivity index (χ3v) is 12.3. The van der Waals surface area contributed by atoms with Crippen molar-refractivity contribution >= 4 is 47.8 Å². The average Bonchev–Trinajstić information content (AvgIpc) is 3.42. The summed E-state index contributed by atoms with van der Waals surface area (Å²) in [5, 5.41) is 81.4. The lowest BCUT2D eigenvalue weighted by Gasteiger charge is -2.42. The number of amides is 8. The van der Waals surface area contributed by atoms with Gasteiger partial charge in [0.1, 0.15) is 48.7 Å². The Labute approximate surface area is 461 Å². The molecule has 0 aliphatic carbocycles. The molecule has 2 saturated heterocycles. The van der Waals surface area contributed by atoms with Crippen molar-refractivity contribution in [3.63, 3.8) is 0 Å². The smallest absolute Gasteiger partial charge is 0.222 e. The standard InChI is InChI=1S/C50H90N8O21/c1-33(62)57-42-46(71)44(69)35(27-59)78-48(42)76-22-6-4-11-37(64)52-18-9-20-55-40(67)14-25-74-30-50(3,29-73-24-13-39(66)54-17-8-16-51-32-61)31-75-26-15-41(68)56-21-10-19-53-38(65)12-5-7-23-77-49-43(58-34(2)63)47(72)45(70)36(28-60)79-49/h32,35-36,42-49,59-60,69-72H,4-31H2,1-3H3,(H,51,61)(H,52,64)(H,53,65)(H,54,66)(H,55,67)(H,56,68)(H,57,62)(H,58,63). The van der Waals surface area contributed by atoms with E-state index in [0.29, 0.717) is 90.6 Å². The van der Waals surface area contributed by atoms with Crippen molar-refractivity contribution in [2.75, 3.05) is 105 Å². The van der Waals surface area contributed by atoms with Crippen molar-refractivity contribution in [1.82, 2.24) is 42.5 Å². The van der Waals surface area contributed by atoms with Crippen LogP contribution in [0.1, 0.15) is 97.8 Å². The molecule has 0 aromatic rings. The molecule has 2 rings (SSSR count). The first kappa shape index (κ1) is 70.3. The van der Waals surface area contributed by atoms with Crippen molar-refractivity contribution in [1.29, 1.82) is 0 Å². The molecule has 0 bridgehead atoms. The Morgan fingerprint density at radius 2 is 0.797 bits per heavy atom. The van der Waals surface area contributed by atoms with Crippen LogP contribution in [0.5, 0.6) is 0 Å². The second-order valence-electron chi connectivity index (χ2n) is 19.6. The molecule has 2 fully saturated rings. The van der Waals surface area contributed by atoms with Gasteiger partial charge in [0.25, 0.3) is 0 Å². The molecule has 456 valence electrons. The van der Waals surface area contributed by atoms with Crippen LogP contribution in [0.4, 0.5) is 0 Å². The van der Waals surface area contributed by atoms with Gasteiger partial charge in [0.05, 0.1) is 52.9 Å². The first-order valence-corrected chi connectivity index (χ1v) is 27.1. The number of hydrogen-bond acceptors (Lipinski definition) is 21. The van der Waals surface area contributed by atoms with Crippen LogP contribution in [0, 0.1) is 5.41 Å². The van der Waals surface area contributed by atoms with E-state index in [1.54, 1.807) is 0 Å². The largest absolute Gasteiger partial charge is 0.394 e. The van der Waals surface area contributed by atoms with Crippen LogP contribution >= 0.6 is 0 Å². The zero-order valence-corrected chi connectivity index (χ0v) is 46.0. The summed E-state index contributed by atoms with van der Waals surface area (Å²) in [5.74, 6) is -2.07. The summed E-state index contributed by atoms with van der Waals surface area (Å²) in [5.41, 5.74) is -0.725. The fourth-order valence-corrected chi connectivity index (χ4v) is 7.98. The maximum absolute atomic E-state index is 12.5. The lowest BCUT2D eigenvalue weighted by Crippen LogP contribution is -2.64. The monoisotopic (exact) mass is 1140 g/mol. The van der Waals surface area contributed by atoms with Crippen molar-refractivity contribution in [3.05, 3.63) is 0 Å². The summed E-state index contributed by atoms with van der Waals surface area (Å²) < 4.78 is 40.0. The molecule has 10 unspecified atom stereocenters. The summed E-state index contributed by atoms with van der Waals surface area (Å²) in [4.78, 5) is 95.7. The van der Waals surface area contributed by atoms with E-state index >= 15 is 0 Å². The highest BCUT2D eigenvalue weighted by Crippen LogP contribution is 2.24. The molecular formula is C50H90N8O21. The van der Waals surface area contributed by atoms with Crippen LogP contribution in [0.2, 0.25) is 0 Å². The van der Waals surface area contributed by atoms with Gasteiger partial charge < -0.3 is 106 Å². The van der Waals surface area contributed by atoms with Crippen LogP contribution in [0.3, 0.4) is 0 Å². The van der Waals surface area contributed by atoms with Crippen molar-refractivity contribution < 1.29 is 102 Å². The summed E-state index contributed by atoms with van der Waals surface area (Å²) in [7, 11) is 0. The molecule has 2 aliphatic rings. The normalized spacial score (nSPS) is 23.6. The Hall–Kier alpha value is -4.76. The number of aliphatic hydroxyl groups is 6. The van der Waals surface area contributed by atoms with Crippen LogP contribution in [-0.2, 0) is 71.5 Å². The van der Waals surface area contributed by atoms with Gasteiger partial charge in [0, 0.05) is 104 Å². The zero-order chi connectivity index (χ0) is 58.4. The van der Waals surface area contributed by atoms with E-state index < -0.39 is 91.7 Å². The zero-order valence-electron chi connectivity index (χ0n) is 46.0. The average molecular weight is 1140 g/mol. The van der Waals surface area contributed by atoms with Crippen LogP contribution < -0.4 is 42.5 Å². The Kier molecular flexibility index (Phi) is 36.7. The fourth-order valence-electron chi connectivity index (χ4n) is 7.98. The Morgan fingerprint density at radius 3 is 1.11 bits per heavy atom. The first-order valence-electron chi connectivity index (χ1n) is 27.1. The van der Waals surface area contributed by atoms with E-state index in [4.69, 9.17) is 33.2 Å². The molecule has 0 aromatic heterocycles. The van der Waals surface area contributed by atoms with Crippen LogP contribution in [0.15, 0.2) is 0 Å². The number of carbonyl (C=O) groups is 8. The number of hydrogen-bond donors (Lipinski definition) is 14. The number of ether oxygens (including phenoxy) is 7. The molecule has 8 amide bonds. The van der Waals surface area contributed by atoms with E-state index in [-0.39, 0.29) is 114 Å². The molecule has 2 heterocycles. The minimum Gasteiger partial charge on any atom is -0.394 e. The molecular weight excluding hydrogens is 1050 g/mol. The van der Waals surface area contributed by atoms with Crippen molar-refractivity contribution in [2.45, 2.75) is 159 Å². The van der Waals surface area contributed by atoms with E-state index in [1.165, 1.54) is 13.8 Å². The van der Waals surface area contributed by atoms with E-state index in [1.807, 2.05) is 6.92 Å². The van der Waals surface area contributed by atoms with E-state index in [2.05, 4.69) is 42.5 Å². The van der Waals surface area contributed by atoms with Gasteiger partial charge in [-0.2, -0.15) is 0 Å². The molecule has 0 spiro atoms. The number of unbranched alkanes of at least 4 members (excludes halogenated alkanes) is 2. The highest BCUT2D eigenvalue weighted by molar-refractivity contribution is 5.77. The predicted octanol–water partition coefficient (Wildman–Crippen LogP) is -5.03. The minimum atomic E-state index is -1.42. The molecule has 2 aliphatic heterocycles. The second-order valence-corrected chi connectivity index (χ2v) is 19.6. The molecule has 14 N–H and O–H groups in total. The van der Waals surface area contributed by atoms with Gasteiger partial charge >= 0.3 is 0 Å². The predicted molar refractivity (Wildman–Crippen MR) is 278 cm³/mol. The highest BCUT2D eigenvalue weighted by Gasteiger charge is 2.46. The number of carbonyl (C=O) groups excluding carboxylic acids is 8. The fraction of sp³-hybridized carbons (Fsp3) is 0.840. The molecule has 10 atom stereocenters. The van der Waals surface area contributed by atoms with Crippen molar-refractivity contribution in [2.24, 2.45) is 5.41 Å². The molecule has 29 nitrogen and oxygen atoms in total. The van der Waals surface area contributed by atoms with E-state index in [0.717, 1.165) is 0 Å². The quantitative estimate of drug-likeness (QED) is 0.0201. The molecule has 79 heavy (non-hydrogen) atoms. The molecule has 0 saturated carbocycles. The molecule has 0 aromatic carbocycles. The maximum atomic E-state index is 12.5. The summed E-state index contributed by atoms with van der Waals surface area (Å²) in [6.07, 6.45) is -5.59. The maximum Gasteiger partial charge on any atom is 0.222 e. The SMILES string of the molecule is CC(=O)NC1C(OCCCCC(=O)NCCCNC(=O)CCOCC(C)(COCCC(=O)NCCCNC=O)COCCC(=O)NCCCNC(=O)CCCCOC2OC(CO)C(O)C(O)C2NC(C)=O)OC(CO)C(O)C1O. The van der Waals surface area contributed by atoms with Gasteiger partial charge in [-0.3, -0.25) is 38.4 Å². The topological polar surface area (TPSA) is 419 Å². The highest BCUT2D eigenvalue weighted by atomic mass is 16.7. The van der Waals surface area contributed by atoms with Gasteiger partial charge in [0.2, 0.25) is 47.8 Å². The third kappa shape index (κ3) is 30.6. The van der Waals surface area contributed by atoms with Gasteiger partial charge in [-0.05, 0) is 44.9 Å². The first-order chi connectivity index (χ1) is 37.8. The lowest BCUT2D eigenvalue weighted by atomic mass is 9.94. The van der Waals surface area contributed by atoms with E-state index in [9.17, 15) is 69.0 Å². The summed E-state index contributed by atoms with van der Waals surface area (Å²) in [6.45, 7) is 6.21. The minimum absolute atomic E-state index is 0.0553. The van der Waals surface area contributed by atoms with Crippen LogP contribution in [-0.4, -0.2) is 245 Å². The number of nitrogens with one attached hydrogen (secondary N) is 8. The Morgan fingerprint density at radius 1 is 0.468 bits per heavy atom. The van der Waals surface area contributed by atoms with Gasteiger partial charge in [-0.1, -0.05) is 6.92 Å². The number of rotatable bonds is 44. The van der Waals surface area contributed by atoms with Gasteiger partial charge in [-0.15, -0.1) is 0 Å². The van der Waals surface area contributed by atoms with Gasteiger partial charge in [-0.25, -0.2) is 0 Å².